The van der Waals surface area contributed by atoms with Gasteiger partial charge in [0.15, 0.2) is 5.82 Å². The second-order valence-electron chi connectivity index (χ2n) is 5.20. The molecule has 1 N–H and O–H groups in total. The molecule has 1 atom stereocenters. The van der Waals surface area contributed by atoms with E-state index in [0.717, 1.165) is 44.9 Å². The van der Waals surface area contributed by atoms with Crippen LogP contribution >= 0.6 is 0 Å². The van der Waals surface area contributed by atoms with Gasteiger partial charge in [0, 0.05) is 26.2 Å². The lowest BCUT2D eigenvalue weighted by Crippen LogP contribution is -2.30. The Bertz CT molecular complexity index is 402. The fraction of sp³-hybridized carbons (Fsp3) is 0.769. The van der Waals surface area contributed by atoms with E-state index >= 15 is 0 Å². The Morgan fingerprint density at radius 1 is 1.26 bits per heavy atom. The Morgan fingerprint density at radius 2 is 2.16 bits per heavy atom. The number of anilines is 2. The average molecular weight is 263 g/mol. The van der Waals surface area contributed by atoms with Crippen molar-refractivity contribution in [3.05, 3.63) is 6.20 Å². The predicted molar refractivity (Wildman–Crippen MR) is 73.4 cm³/mol. The summed E-state index contributed by atoms with van der Waals surface area (Å²) >= 11 is 0. The predicted octanol–water partition coefficient (Wildman–Crippen LogP) is 1.45. The third-order valence-electron chi connectivity index (χ3n) is 3.74. The van der Waals surface area contributed by atoms with Crippen LogP contribution in [0.2, 0.25) is 0 Å². The molecular formula is C13H21N5O. The first-order valence-corrected chi connectivity index (χ1v) is 7.22. The molecule has 2 fully saturated rings. The number of hydrogen-bond acceptors (Lipinski definition) is 6. The van der Waals surface area contributed by atoms with Crippen LogP contribution in [0.1, 0.15) is 32.1 Å². The summed E-state index contributed by atoms with van der Waals surface area (Å²) in [6.45, 7) is 3.79. The molecular weight excluding hydrogens is 242 g/mol. The maximum absolute atomic E-state index is 5.57. The largest absolute Gasteiger partial charge is 0.376 e. The zero-order valence-electron chi connectivity index (χ0n) is 11.2. The first-order valence-electron chi connectivity index (χ1n) is 7.22. The van der Waals surface area contributed by atoms with Gasteiger partial charge < -0.3 is 15.0 Å². The summed E-state index contributed by atoms with van der Waals surface area (Å²) < 4.78 is 5.57. The summed E-state index contributed by atoms with van der Waals surface area (Å²) in [5.74, 6) is 1.54. The van der Waals surface area contributed by atoms with Crippen LogP contribution < -0.4 is 10.2 Å². The molecule has 0 saturated carbocycles. The smallest absolute Gasteiger partial charge is 0.244 e. The molecule has 2 aliphatic rings. The van der Waals surface area contributed by atoms with Gasteiger partial charge in [-0.05, 0) is 32.1 Å². The van der Waals surface area contributed by atoms with Gasteiger partial charge in [-0.3, -0.25) is 0 Å². The van der Waals surface area contributed by atoms with E-state index in [1.54, 1.807) is 6.20 Å². The van der Waals surface area contributed by atoms with Gasteiger partial charge in [-0.1, -0.05) is 0 Å². The Morgan fingerprint density at radius 3 is 2.95 bits per heavy atom. The summed E-state index contributed by atoms with van der Waals surface area (Å²) in [4.78, 5) is 6.83. The summed E-state index contributed by atoms with van der Waals surface area (Å²) in [6, 6.07) is 0. The number of nitrogens with zero attached hydrogens (tertiary/aromatic N) is 4. The molecule has 6 nitrogen and oxygen atoms in total. The van der Waals surface area contributed by atoms with E-state index in [2.05, 4.69) is 25.4 Å². The lowest BCUT2D eigenvalue weighted by atomic mass is 10.1. The Labute approximate surface area is 113 Å². The van der Waals surface area contributed by atoms with Crippen molar-refractivity contribution in [2.24, 2.45) is 0 Å². The van der Waals surface area contributed by atoms with Gasteiger partial charge in [-0.2, -0.15) is 10.1 Å². The number of aromatic nitrogens is 3. The van der Waals surface area contributed by atoms with E-state index in [0.29, 0.717) is 12.1 Å². The molecule has 1 unspecified atom stereocenters. The molecule has 0 bridgehead atoms. The van der Waals surface area contributed by atoms with E-state index in [1.807, 2.05) is 0 Å². The van der Waals surface area contributed by atoms with Crippen LogP contribution in [-0.4, -0.2) is 47.5 Å². The number of rotatable bonds is 4. The van der Waals surface area contributed by atoms with Gasteiger partial charge in [0.1, 0.15) is 0 Å². The molecule has 0 spiro atoms. The van der Waals surface area contributed by atoms with Gasteiger partial charge in [-0.25, -0.2) is 0 Å². The molecule has 0 amide bonds. The fourth-order valence-corrected chi connectivity index (χ4v) is 2.66. The summed E-state index contributed by atoms with van der Waals surface area (Å²) in [6.07, 6.45) is 8.11. The van der Waals surface area contributed by atoms with Crippen LogP contribution in [0.4, 0.5) is 11.8 Å². The monoisotopic (exact) mass is 263 g/mol. The minimum absolute atomic E-state index is 0.294. The van der Waals surface area contributed by atoms with Crippen molar-refractivity contribution >= 4 is 11.8 Å². The maximum atomic E-state index is 5.57. The Balaban J connectivity index is 1.58. The summed E-state index contributed by atoms with van der Waals surface area (Å²) in [5, 5.41) is 11.3. The molecule has 19 heavy (non-hydrogen) atoms. The van der Waals surface area contributed by atoms with Gasteiger partial charge in [-0.15, -0.1) is 5.10 Å². The van der Waals surface area contributed by atoms with Crippen LogP contribution in [0.5, 0.6) is 0 Å². The first kappa shape index (κ1) is 12.6. The minimum atomic E-state index is 0.294. The highest BCUT2D eigenvalue weighted by atomic mass is 16.5. The lowest BCUT2D eigenvalue weighted by molar-refractivity contribution is 0.120. The number of nitrogens with one attached hydrogen (secondary N) is 1. The topological polar surface area (TPSA) is 63.2 Å². The van der Waals surface area contributed by atoms with Crippen molar-refractivity contribution in [2.45, 2.75) is 38.2 Å². The minimum Gasteiger partial charge on any atom is -0.376 e. The molecule has 6 heteroatoms. The van der Waals surface area contributed by atoms with Gasteiger partial charge in [0.2, 0.25) is 5.95 Å². The second-order valence-corrected chi connectivity index (χ2v) is 5.20. The van der Waals surface area contributed by atoms with Crippen molar-refractivity contribution in [1.82, 2.24) is 15.2 Å². The number of ether oxygens (including phenoxy) is 1. The zero-order chi connectivity index (χ0) is 12.9. The summed E-state index contributed by atoms with van der Waals surface area (Å²) in [7, 11) is 0. The lowest BCUT2D eigenvalue weighted by Gasteiger charge is -2.27. The fourth-order valence-electron chi connectivity index (χ4n) is 2.66. The zero-order valence-corrected chi connectivity index (χ0v) is 11.2. The second kappa shape index (κ2) is 6.14. The van der Waals surface area contributed by atoms with Gasteiger partial charge >= 0.3 is 0 Å². The Kier molecular flexibility index (Phi) is 4.07. The third kappa shape index (κ3) is 3.32. The van der Waals surface area contributed by atoms with E-state index in [9.17, 15) is 0 Å². The molecule has 104 valence electrons. The highest BCUT2D eigenvalue weighted by molar-refractivity contribution is 5.40. The quantitative estimate of drug-likeness (QED) is 0.887. The normalized spacial score (nSPS) is 23.6. The SMILES string of the molecule is c1nnc(NCC2CCCO2)nc1N1CCCCC1. The Hall–Kier alpha value is -1.43. The van der Waals surface area contributed by atoms with Crippen molar-refractivity contribution < 1.29 is 4.74 Å². The van der Waals surface area contributed by atoms with Crippen molar-refractivity contribution in [1.29, 1.82) is 0 Å². The molecule has 0 aliphatic carbocycles. The molecule has 3 heterocycles. The number of hydrogen-bond donors (Lipinski definition) is 1. The van der Waals surface area contributed by atoms with Crippen molar-refractivity contribution in [3.63, 3.8) is 0 Å². The van der Waals surface area contributed by atoms with Crippen LogP contribution in [-0.2, 0) is 4.74 Å². The highest BCUT2D eigenvalue weighted by Gasteiger charge is 2.16. The van der Waals surface area contributed by atoms with Crippen molar-refractivity contribution in [3.8, 4) is 0 Å². The standard InChI is InChI=1S/C13H21N5O/c1-2-6-18(7-3-1)12-10-15-17-13(16-12)14-9-11-5-4-8-19-11/h10-11H,1-9H2,(H,14,16,17). The van der Waals surface area contributed by atoms with Crippen LogP contribution in [0.3, 0.4) is 0 Å². The van der Waals surface area contributed by atoms with E-state index in [1.165, 1.54) is 19.3 Å². The molecule has 3 rings (SSSR count). The maximum Gasteiger partial charge on any atom is 0.244 e. The van der Waals surface area contributed by atoms with E-state index in [-0.39, 0.29) is 0 Å². The van der Waals surface area contributed by atoms with E-state index in [4.69, 9.17) is 4.74 Å². The molecule has 1 aromatic heterocycles. The molecule has 1 aromatic rings. The molecule has 0 radical (unpaired) electrons. The van der Waals surface area contributed by atoms with Crippen molar-refractivity contribution in [2.75, 3.05) is 36.5 Å². The van der Waals surface area contributed by atoms with Gasteiger partial charge in [0.25, 0.3) is 0 Å². The van der Waals surface area contributed by atoms with Crippen LogP contribution in [0.15, 0.2) is 6.20 Å². The molecule has 2 saturated heterocycles. The van der Waals surface area contributed by atoms with Gasteiger partial charge in [0.05, 0.1) is 12.3 Å². The molecule has 0 aromatic carbocycles. The highest BCUT2D eigenvalue weighted by Crippen LogP contribution is 2.17. The van der Waals surface area contributed by atoms with E-state index < -0.39 is 0 Å². The average Bonchev–Trinajstić information content (AvgIpc) is 3.00. The molecule has 2 aliphatic heterocycles. The summed E-state index contributed by atoms with van der Waals surface area (Å²) in [5.41, 5.74) is 0. The first-order chi connectivity index (χ1) is 9.42. The van der Waals surface area contributed by atoms with Crippen LogP contribution in [0, 0.1) is 0 Å². The van der Waals surface area contributed by atoms with Crippen LogP contribution in [0.25, 0.3) is 0 Å². The third-order valence-corrected chi connectivity index (χ3v) is 3.74. The number of piperidine rings is 1.